The lowest BCUT2D eigenvalue weighted by Gasteiger charge is -2.29. The number of rotatable bonds is 1. The fourth-order valence-corrected chi connectivity index (χ4v) is 3.02. The van der Waals surface area contributed by atoms with Crippen molar-refractivity contribution in [3.05, 3.63) is 27.5 Å². The van der Waals surface area contributed by atoms with Crippen molar-refractivity contribution in [3.8, 4) is 0 Å². The lowest BCUT2D eigenvalue weighted by molar-refractivity contribution is -0.0123. The second-order valence-corrected chi connectivity index (χ2v) is 6.80. The zero-order valence-electron chi connectivity index (χ0n) is 12.1. The van der Waals surface area contributed by atoms with Crippen LogP contribution in [0, 0.1) is 11.6 Å². The molecule has 1 aliphatic heterocycles. The Hall–Kier alpha value is -1.09. The van der Waals surface area contributed by atoms with Gasteiger partial charge in [-0.3, -0.25) is 0 Å². The second-order valence-electron chi connectivity index (χ2n) is 5.67. The van der Waals surface area contributed by atoms with E-state index >= 15 is 0 Å². The molecular weight excluding hydrogens is 396 g/mol. The molecule has 1 saturated heterocycles. The fourth-order valence-electron chi connectivity index (χ4n) is 2.55. The third-order valence-electron chi connectivity index (χ3n) is 3.53. The smallest absolute Gasteiger partial charge is 0.225 e. The monoisotopic (exact) mass is 407 g/mol. The highest BCUT2D eigenvalue weighted by atomic mass is 79.9. The molecule has 2 heterocycles. The Kier molecular flexibility index (Phi) is 4.43. The van der Waals surface area contributed by atoms with Gasteiger partial charge in [0.1, 0.15) is 22.8 Å². The Balaban J connectivity index is 2.20. The van der Waals surface area contributed by atoms with Crippen molar-refractivity contribution in [1.82, 2.24) is 9.97 Å². The Bertz CT molecular complexity index is 776. The molecular formula is C14H13BrClF2N3O2. The van der Waals surface area contributed by atoms with Crippen molar-refractivity contribution in [2.45, 2.75) is 12.5 Å². The van der Waals surface area contributed by atoms with Crippen LogP contribution in [0.1, 0.15) is 6.92 Å². The van der Waals surface area contributed by atoms with Gasteiger partial charge in [0.15, 0.2) is 5.82 Å². The van der Waals surface area contributed by atoms with Crippen LogP contribution in [0.15, 0.2) is 10.5 Å². The highest BCUT2D eigenvalue weighted by Gasteiger charge is 2.30. The van der Waals surface area contributed by atoms with E-state index in [9.17, 15) is 13.9 Å². The molecule has 0 radical (unpaired) electrons. The van der Waals surface area contributed by atoms with Crippen molar-refractivity contribution in [2.24, 2.45) is 0 Å². The van der Waals surface area contributed by atoms with Gasteiger partial charge in [0.05, 0.1) is 24.2 Å². The highest BCUT2D eigenvalue weighted by molar-refractivity contribution is 9.10. The first-order chi connectivity index (χ1) is 10.8. The first-order valence-electron chi connectivity index (χ1n) is 6.84. The van der Waals surface area contributed by atoms with Crippen LogP contribution in [0.4, 0.5) is 14.6 Å². The number of benzene rings is 1. The quantitative estimate of drug-likeness (QED) is 0.581. The summed E-state index contributed by atoms with van der Waals surface area (Å²) in [6, 6.07) is 1.15. The summed E-state index contributed by atoms with van der Waals surface area (Å²) in [6.45, 7) is 2.72. The Morgan fingerprint density at radius 1 is 1.43 bits per heavy atom. The minimum atomic E-state index is -1.12. The molecule has 1 aliphatic rings. The molecule has 1 fully saturated rings. The van der Waals surface area contributed by atoms with E-state index in [0.717, 1.165) is 6.07 Å². The predicted molar refractivity (Wildman–Crippen MR) is 85.8 cm³/mol. The van der Waals surface area contributed by atoms with Crippen molar-refractivity contribution >= 4 is 44.3 Å². The topological polar surface area (TPSA) is 58.5 Å². The van der Waals surface area contributed by atoms with E-state index in [4.69, 9.17) is 16.3 Å². The summed E-state index contributed by atoms with van der Waals surface area (Å²) in [5.41, 5.74) is -1.20. The number of hydrogen-bond acceptors (Lipinski definition) is 5. The second kappa shape index (κ2) is 6.08. The van der Waals surface area contributed by atoms with Gasteiger partial charge in [0.25, 0.3) is 0 Å². The summed E-state index contributed by atoms with van der Waals surface area (Å²) in [5.74, 6) is -1.35. The minimum absolute atomic E-state index is 0.0851. The van der Waals surface area contributed by atoms with Gasteiger partial charge in [0.2, 0.25) is 5.28 Å². The van der Waals surface area contributed by atoms with E-state index in [1.54, 1.807) is 11.8 Å². The molecule has 0 bridgehead atoms. The molecule has 1 N–H and O–H groups in total. The number of fused-ring (bicyclic) bond motifs is 1. The molecule has 23 heavy (non-hydrogen) atoms. The van der Waals surface area contributed by atoms with Crippen LogP contribution in [-0.4, -0.2) is 47.0 Å². The molecule has 9 heteroatoms. The summed E-state index contributed by atoms with van der Waals surface area (Å²) in [6.07, 6.45) is 0. The number of β-amino-alcohol motifs (C(OH)–C–C–N with tert-alkyl or cyclic N) is 1. The molecule has 1 aromatic carbocycles. The third-order valence-corrected chi connectivity index (χ3v) is 4.43. The van der Waals surface area contributed by atoms with E-state index < -0.39 is 17.2 Å². The van der Waals surface area contributed by atoms with Crippen LogP contribution >= 0.6 is 27.5 Å². The largest absolute Gasteiger partial charge is 0.386 e. The number of aromatic nitrogens is 2. The van der Waals surface area contributed by atoms with Gasteiger partial charge >= 0.3 is 0 Å². The Labute approximate surface area is 144 Å². The minimum Gasteiger partial charge on any atom is -0.386 e. The summed E-state index contributed by atoms with van der Waals surface area (Å²) >= 11 is 8.75. The predicted octanol–water partition coefficient (Wildman–Crippen LogP) is 2.91. The maximum atomic E-state index is 14.3. The van der Waals surface area contributed by atoms with Crippen LogP contribution in [0.5, 0.6) is 0 Å². The normalized spacial score (nSPS) is 22.4. The molecule has 124 valence electrons. The van der Waals surface area contributed by atoms with Crippen molar-refractivity contribution in [2.75, 3.05) is 31.2 Å². The maximum Gasteiger partial charge on any atom is 0.225 e. The van der Waals surface area contributed by atoms with Gasteiger partial charge in [-0.1, -0.05) is 0 Å². The highest BCUT2D eigenvalue weighted by Crippen LogP contribution is 2.33. The lowest BCUT2D eigenvalue weighted by Crippen LogP contribution is -2.42. The van der Waals surface area contributed by atoms with Gasteiger partial charge in [-0.05, 0) is 40.5 Å². The van der Waals surface area contributed by atoms with Crippen LogP contribution in [0.25, 0.3) is 10.9 Å². The number of ether oxygens (including phenoxy) is 1. The summed E-state index contributed by atoms with van der Waals surface area (Å²) < 4.78 is 33.2. The molecule has 0 spiro atoms. The van der Waals surface area contributed by atoms with Gasteiger partial charge in [-0.2, -0.15) is 4.98 Å². The van der Waals surface area contributed by atoms with E-state index in [1.165, 1.54) is 0 Å². The number of aliphatic hydroxyl groups is 1. The van der Waals surface area contributed by atoms with Crippen LogP contribution < -0.4 is 4.90 Å². The summed E-state index contributed by atoms with van der Waals surface area (Å²) in [4.78, 5) is 9.65. The molecule has 1 aromatic heterocycles. The van der Waals surface area contributed by atoms with Gasteiger partial charge in [-0.25, -0.2) is 13.8 Å². The molecule has 0 saturated carbocycles. The average Bonchev–Trinajstić information content (AvgIpc) is 2.66. The van der Waals surface area contributed by atoms with E-state index in [0.29, 0.717) is 13.2 Å². The first kappa shape index (κ1) is 16.8. The SMILES string of the molecule is C[C@@]1(O)COCCN(c2nc(Cl)nc3c(F)c(Br)c(F)cc23)C1. The van der Waals surface area contributed by atoms with Gasteiger partial charge in [0, 0.05) is 11.9 Å². The summed E-state index contributed by atoms with van der Waals surface area (Å²) in [5, 5.41) is 10.3. The number of halogens is 4. The lowest BCUT2D eigenvalue weighted by atomic mass is 10.1. The van der Waals surface area contributed by atoms with E-state index in [1.807, 2.05) is 0 Å². The maximum absolute atomic E-state index is 14.3. The first-order valence-corrected chi connectivity index (χ1v) is 8.01. The van der Waals surface area contributed by atoms with Crippen molar-refractivity contribution in [3.63, 3.8) is 0 Å². The molecule has 0 amide bonds. The van der Waals surface area contributed by atoms with Crippen LogP contribution in [0.3, 0.4) is 0 Å². The summed E-state index contributed by atoms with van der Waals surface area (Å²) in [7, 11) is 0. The number of anilines is 1. The third kappa shape index (κ3) is 3.26. The molecule has 5 nitrogen and oxygen atoms in total. The average molecular weight is 409 g/mol. The van der Waals surface area contributed by atoms with E-state index in [-0.39, 0.29) is 39.6 Å². The molecule has 3 rings (SSSR count). The fraction of sp³-hybridized carbons (Fsp3) is 0.429. The van der Waals surface area contributed by atoms with Gasteiger partial charge in [-0.15, -0.1) is 0 Å². The molecule has 0 unspecified atom stereocenters. The molecule has 0 aliphatic carbocycles. The molecule has 1 atom stereocenters. The standard InChI is InChI=1S/C14H13BrClF2N3O2/c1-14(22)5-21(2-3-23-6-14)12-7-4-8(17)9(15)10(18)11(7)19-13(16)20-12/h4,22H,2-3,5-6H2,1H3/t14-/m0/s1. The van der Waals surface area contributed by atoms with Crippen LogP contribution in [0.2, 0.25) is 5.28 Å². The Morgan fingerprint density at radius 2 is 2.17 bits per heavy atom. The number of hydrogen-bond donors (Lipinski definition) is 1. The van der Waals surface area contributed by atoms with Crippen molar-refractivity contribution in [1.29, 1.82) is 0 Å². The van der Waals surface area contributed by atoms with E-state index in [2.05, 4.69) is 25.9 Å². The Morgan fingerprint density at radius 3 is 2.91 bits per heavy atom. The molecule has 2 aromatic rings. The zero-order valence-corrected chi connectivity index (χ0v) is 14.5. The van der Waals surface area contributed by atoms with Gasteiger partial charge < -0.3 is 14.7 Å². The number of nitrogens with zero attached hydrogens (tertiary/aromatic N) is 3. The zero-order chi connectivity index (χ0) is 16.8. The van der Waals surface area contributed by atoms with Crippen molar-refractivity contribution < 1.29 is 18.6 Å². The van der Waals surface area contributed by atoms with Crippen LogP contribution in [-0.2, 0) is 4.74 Å².